The summed E-state index contributed by atoms with van der Waals surface area (Å²) in [6.45, 7) is 4.13. The molecule has 1 N–H and O–H groups in total. The second-order valence-electron chi connectivity index (χ2n) is 5.87. The van der Waals surface area contributed by atoms with Crippen molar-refractivity contribution < 1.29 is 9.59 Å². The van der Waals surface area contributed by atoms with Crippen LogP contribution in [-0.2, 0) is 11.2 Å². The summed E-state index contributed by atoms with van der Waals surface area (Å²) in [5.74, 6) is 0.0972. The van der Waals surface area contributed by atoms with Gasteiger partial charge in [0.25, 0.3) is 0 Å². The van der Waals surface area contributed by atoms with Gasteiger partial charge in [-0.15, -0.1) is 0 Å². The lowest BCUT2D eigenvalue weighted by atomic mass is 10.1. The summed E-state index contributed by atoms with van der Waals surface area (Å²) in [5, 5.41) is 3.21. The third kappa shape index (κ3) is 3.11. The molecule has 2 aromatic carbocycles. The van der Waals surface area contributed by atoms with Crippen molar-refractivity contribution in [3.63, 3.8) is 0 Å². The van der Waals surface area contributed by atoms with Gasteiger partial charge in [-0.3, -0.25) is 9.59 Å². The van der Waals surface area contributed by atoms with Crippen LogP contribution in [0, 0.1) is 0 Å². The summed E-state index contributed by atoms with van der Waals surface area (Å²) in [6, 6.07) is 14.9. The van der Waals surface area contributed by atoms with Gasteiger partial charge in [-0.25, -0.2) is 0 Å². The van der Waals surface area contributed by atoms with Gasteiger partial charge in [0.05, 0.1) is 0 Å². The van der Waals surface area contributed by atoms with E-state index in [1.54, 1.807) is 19.1 Å². The predicted molar refractivity (Wildman–Crippen MR) is 92.0 cm³/mol. The van der Waals surface area contributed by atoms with Crippen molar-refractivity contribution in [2.24, 2.45) is 0 Å². The van der Waals surface area contributed by atoms with E-state index in [2.05, 4.69) is 11.4 Å². The lowest BCUT2D eigenvalue weighted by molar-refractivity contribution is -0.118. The minimum atomic E-state index is -0.329. The molecular weight excluding hydrogens is 288 g/mol. The molecule has 0 aromatic heterocycles. The van der Waals surface area contributed by atoms with E-state index in [0.29, 0.717) is 5.56 Å². The maximum atomic E-state index is 12.7. The van der Waals surface area contributed by atoms with Gasteiger partial charge in [-0.2, -0.15) is 0 Å². The topological polar surface area (TPSA) is 49.4 Å². The molecule has 118 valence electrons. The lowest BCUT2D eigenvalue weighted by Crippen LogP contribution is -2.40. The fraction of sp³-hybridized carbons (Fsp3) is 0.263. The van der Waals surface area contributed by atoms with Crippen molar-refractivity contribution >= 4 is 23.1 Å². The summed E-state index contributed by atoms with van der Waals surface area (Å²) >= 11 is 0. The number of hydrogen-bond donors (Lipinski definition) is 1. The Labute approximate surface area is 136 Å². The first-order valence-corrected chi connectivity index (χ1v) is 7.83. The number of nitrogens with one attached hydrogen (secondary N) is 1. The Morgan fingerprint density at radius 1 is 1.09 bits per heavy atom. The number of rotatable bonds is 4. The smallest absolute Gasteiger partial charge is 0.249 e. The Kier molecular flexibility index (Phi) is 4.15. The van der Waals surface area contributed by atoms with E-state index in [-0.39, 0.29) is 17.7 Å². The van der Waals surface area contributed by atoms with Crippen molar-refractivity contribution in [2.75, 3.05) is 16.8 Å². The number of carbonyl (C=O) groups is 2. The quantitative estimate of drug-likeness (QED) is 0.882. The zero-order valence-electron chi connectivity index (χ0n) is 13.4. The number of para-hydroxylation sites is 1. The first-order valence-electron chi connectivity index (χ1n) is 7.83. The van der Waals surface area contributed by atoms with E-state index in [1.165, 1.54) is 5.56 Å². The van der Waals surface area contributed by atoms with Crippen molar-refractivity contribution in [3.8, 4) is 0 Å². The summed E-state index contributed by atoms with van der Waals surface area (Å²) < 4.78 is 0. The first-order chi connectivity index (χ1) is 11.1. The number of carbonyl (C=O) groups excluding carboxylic acids is 2. The first kappa shape index (κ1) is 15.3. The van der Waals surface area contributed by atoms with E-state index >= 15 is 0 Å². The highest BCUT2D eigenvalue weighted by molar-refractivity contribution is 6.00. The van der Waals surface area contributed by atoms with Crippen LogP contribution in [-0.4, -0.2) is 24.3 Å². The van der Waals surface area contributed by atoms with Crippen LogP contribution in [0.15, 0.2) is 48.5 Å². The summed E-state index contributed by atoms with van der Waals surface area (Å²) in [5.41, 5.74) is 3.74. The number of ketones is 1. The predicted octanol–water partition coefficient (Wildman–Crippen LogP) is 3.28. The maximum Gasteiger partial charge on any atom is 0.249 e. The molecule has 0 saturated heterocycles. The molecule has 0 aliphatic carbocycles. The molecule has 0 spiro atoms. The molecule has 0 saturated carbocycles. The number of amides is 1. The monoisotopic (exact) mass is 308 g/mol. The Hall–Kier alpha value is -2.62. The molecule has 0 radical (unpaired) electrons. The largest absolute Gasteiger partial charge is 0.374 e. The van der Waals surface area contributed by atoms with E-state index in [4.69, 9.17) is 0 Å². The van der Waals surface area contributed by atoms with E-state index < -0.39 is 0 Å². The van der Waals surface area contributed by atoms with Gasteiger partial charge in [-0.1, -0.05) is 18.2 Å². The fourth-order valence-electron chi connectivity index (χ4n) is 2.91. The molecule has 1 aliphatic rings. The average Bonchev–Trinajstić information content (AvgIpc) is 2.98. The lowest BCUT2D eigenvalue weighted by Gasteiger charge is -2.23. The van der Waals surface area contributed by atoms with Gasteiger partial charge in [0.2, 0.25) is 5.91 Å². The molecule has 1 aliphatic heterocycles. The maximum absolute atomic E-state index is 12.7. The Morgan fingerprint density at radius 2 is 1.78 bits per heavy atom. The molecule has 1 atom stereocenters. The van der Waals surface area contributed by atoms with Gasteiger partial charge < -0.3 is 10.2 Å². The van der Waals surface area contributed by atoms with Crippen molar-refractivity contribution in [2.45, 2.75) is 26.3 Å². The molecule has 1 amide bonds. The van der Waals surface area contributed by atoms with Crippen molar-refractivity contribution in [3.05, 3.63) is 59.7 Å². The molecule has 0 fully saturated rings. The molecule has 1 heterocycles. The zero-order valence-corrected chi connectivity index (χ0v) is 13.4. The third-order valence-corrected chi connectivity index (χ3v) is 4.20. The number of anilines is 2. The third-order valence-electron chi connectivity index (χ3n) is 4.20. The molecule has 0 unspecified atom stereocenters. The molecule has 2 aromatic rings. The number of Topliss-reactive ketones (excluding diaryl/α,β-unsaturated/α-hetero) is 1. The molecular formula is C19H20N2O2. The van der Waals surface area contributed by atoms with Crippen LogP contribution in [0.5, 0.6) is 0 Å². The van der Waals surface area contributed by atoms with Gasteiger partial charge in [0.1, 0.15) is 6.04 Å². The second kappa shape index (κ2) is 6.24. The Balaban J connectivity index is 1.70. The number of benzene rings is 2. The van der Waals surface area contributed by atoms with Crippen molar-refractivity contribution in [1.29, 1.82) is 0 Å². The van der Waals surface area contributed by atoms with Crippen LogP contribution in [0.4, 0.5) is 11.4 Å². The van der Waals surface area contributed by atoms with E-state index in [1.807, 2.05) is 42.2 Å². The second-order valence-corrected chi connectivity index (χ2v) is 5.87. The van der Waals surface area contributed by atoms with Gasteiger partial charge in [0, 0.05) is 23.5 Å². The molecule has 4 nitrogen and oxygen atoms in total. The van der Waals surface area contributed by atoms with Crippen molar-refractivity contribution in [1.82, 2.24) is 0 Å². The highest BCUT2D eigenvalue weighted by Gasteiger charge is 2.27. The standard InChI is InChI=1S/C19H20N2O2/c1-13(20-17-9-7-15(8-10-17)14(2)22)19(23)21-12-11-16-5-3-4-6-18(16)21/h3-10,13,20H,11-12H2,1-2H3/t13-/m1/s1. The Morgan fingerprint density at radius 3 is 2.48 bits per heavy atom. The molecule has 23 heavy (non-hydrogen) atoms. The highest BCUT2D eigenvalue weighted by Crippen LogP contribution is 2.28. The van der Waals surface area contributed by atoms with Crippen LogP contribution >= 0.6 is 0 Å². The Bertz CT molecular complexity index is 737. The zero-order chi connectivity index (χ0) is 16.4. The van der Waals surface area contributed by atoms with E-state index in [0.717, 1.165) is 24.3 Å². The van der Waals surface area contributed by atoms with Gasteiger partial charge in [0.15, 0.2) is 5.78 Å². The van der Waals surface area contributed by atoms with Crippen LogP contribution in [0.2, 0.25) is 0 Å². The molecule has 3 rings (SSSR count). The molecule has 4 heteroatoms. The minimum absolute atomic E-state index is 0.0364. The number of fused-ring (bicyclic) bond motifs is 1. The normalized spacial score (nSPS) is 14.3. The SMILES string of the molecule is CC(=O)c1ccc(N[C@H](C)C(=O)N2CCc3ccccc32)cc1. The fourth-order valence-corrected chi connectivity index (χ4v) is 2.91. The minimum Gasteiger partial charge on any atom is -0.374 e. The van der Waals surface area contributed by atoms with Crippen LogP contribution in [0.1, 0.15) is 29.8 Å². The number of hydrogen-bond acceptors (Lipinski definition) is 3. The highest BCUT2D eigenvalue weighted by atomic mass is 16.2. The summed E-state index contributed by atoms with van der Waals surface area (Å²) in [4.78, 5) is 25.8. The van der Waals surface area contributed by atoms with Gasteiger partial charge in [-0.05, 0) is 56.2 Å². The summed E-state index contributed by atoms with van der Waals surface area (Å²) in [7, 11) is 0. The van der Waals surface area contributed by atoms with E-state index in [9.17, 15) is 9.59 Å². The van der Waals surface area contributed by atoms with Crippen LogP contribution in [0.3, 0.4) is 0 Å². The van der Waals surface area contributed by atoms with Crippen LogP contribution in [0.25, 0.3) is 0 Å². The summed E-state index contributed by atoms with van der Waals surface area (Å²) in [6.07, 6.45) is 0.905. The van der Waals surface area contributed by atoms with Gasteiger partial charge >= 0.3 is 0 Å². The average molecular weight is 308 g/mol. The molecule has 0 bridgehead atoms. The van der Waals surface area contributed by atoms with Crippen LogP contribution < -0.4 is 10.2 Å². The number of nitrogens with zero attached hydrogens (tertiary/aromatic N) is 1.